The lowest BCUT2D eigenvalue weighted by Crippen LogP contribution is -2.00. The van der Waals surface area contributed by atoms with Gasteiger partial charge in [0.05, 0.1) is 29.8 Å². The maximum absolute atomic E-state index is 11.4. The molecule has 0 aromatic carbocycles. The van der Waals surface area contributed by atoms with Gasteiger partial charge in [-0.25, -0.2) is 9.78 Å². The number of hydrogen-bond donors (Lipinski definition) is 1. The van der Waals surface area contributed by atoms with E-state index in [1.165, 1.54) is 11.3 Å². The number of aromatic carboxylic acids is 1. The monoisotopic (exact) mass is 379 g/mol. The van der Waals surface area contributed by atoms with E-state index in [0.29, 0.717) is 6.54 Å². The lowest BCUT2D eigenvalue weighted by molar-refractivity contribution is 0.0697. The lowest BCUT2D eigenvalue weighted by atomic mass is 10.2. The van der Waals surface area contributed by atoms with Gasteiger partial charge in [-0.05, 0) is 36.8 Å². The summed E-state index contributed by atoms with van der Waals surface area (Å²) in [5, 5.41) is 12.2. The first kappa shape index (κ1) is 17.2. The summed E-state index contributed by atoms with van der Waals surface area (Å²) in [4.78, 5) is 20.5. The maximum atomic E-state index is 11.4. The predicted molar refractivity (Wildman–Crippen MR) is 103 cm³/mol. The Kier molecular flexibility index (Phi) is 4.60. The highest BCUT2D eigenvalue weighted by Crippen LogP contribution is 2.30. The van der Waals surface area contributed by atoms with Crippen LogP contribution in [-0.2, 0) is 13.0 Å². The van der Waals surface area contributed by atoms with Gasteiger partial charge in [-0.15, -0.1) is 11.3 Å². The molecule has 136 valence electrons. The van der Waals surface area contributed by atoms with E-state index in [1.54, 1.807) is 24.7 Å². The number of aryl methyl sites for hydroxylation is 1. The summed E-state index contributed by atoms with van der Waals surface area (Å²) in [5.74, 6) is -0.215. The second-order valence-electron chi connectivity index (χ2n) is 6.05. The Hall–Kier alpha value is -3.19. The van der Waals surface area contributed by atoms with Gasteiger partial charge < -0.3 is 14.1 Å². The number of thiazole rings is 1. The molecule has 0 bridgehead atoms. The maximum Gasteiger partial charge on any atom is 0.337 e. The van der Waals surface area contributed by atoms with Gasteiger partial charge in [0.2, 0.25) is 0 Å². The van der Waals surface area contributed by atoms with Gasteiger partial charge in [-0.1, -0.05) is 6.92 Å². The summed E-state index contributed by atoms with van der Waals surface area (Å²) in [6, 6.07) is 9.29. The molecular weight excluding hydrogens is 362 g/mol. The molecule has 27 heavy (non-hydrogen) atoms. The van der Waals surface area contributed by atoms with Crippen molar-refractivity contribution in [2.75, 3.05) is 0 Å². The van der Waals surface area contributed by atoms with Crippen molar-refractivity contribution < 1.29 is 14.3 Å². The van der Waals surface area contributed by atoms with Crippen molar-refractivity contribution in [2.45, 2.75) is 19.9 Å². The molecule has 0 amide bonds. The van der Waals surface area contributed by atoms with Crippen molar-refractivity contribution in [2.24, 2.45) is 0 Å². The van der Waals surface area contributed by atoms with E-state index in [4.69, 9.17) is 9.40 Å². The number of nitrogens with zero attached hydrogens (tertiary/aromatic N) is 3. The van der Waals surface area contributed by atoms with Crippen molar-refractivity contribution in [1.82, 2.24) is 14.5 Å². The predicted octanol–water partition coefficient (Wildman–Crippen LogP) is 4.58. The van der Waals surface area contributed by atoms with Crippen molar-refractivity contribution in [1.29, 1.82) is 0 Å². The number of carboxylic acid groups (broad SMARTS) is 1. The minimum atomic E-state index is -0.966. The van der Waals surface area contributed by atoms with E-state index in [9.17, 15) is 9.90 Å². The van der Waals surface area contributed by atoms with Gasteiger partial charge in [-0.3, -0.25) is 4.98 Å². The van der Waals surface area contributed by atoms with E-state index in [-0.39, 0.29) is 5.56 Å². The number of pyridine rings is 1. The Balaban J connectivity index is 1.72. The zero-order valence-electron chi connectivity index (χ0n) is 14.6. The van der Waals surface area contributed by atoms with Crippen LogP contribution in [0.15, 0.2) is 58.8 Å². The van der Waals surface area contributed by atoms with Gasteiger partial charge in [0.1, 0.15) is 10.8 Å². The Morgan fingerprint density at radius 3 is 2.96 bits per heavy atom. The second-order valence-corrected chi connectivity index (χ2v) is 6.91. The Labute approximate surface area is 159 Å². The van der Waals surface area contributed by atoms with E-state index >= 15 is 0 Å². The summed E-state index contributed by atoms with van der Waals surface area (Å²) in [6.07, 6.45) is 5.87. The van der Waals surface area contributed by atoms with E-state index in [2.05, 4.69) is 11.9 Å². The molecule has 0 aliphatic rings. The number of carboxylic acids is 1. The minimum absolute atomic E-state index is 0.225. The van der Waals surface area contributed by atoms with Gasteiger partial charge in [-0.2, -0.15) is 0 Å². The molecule has 4 heterocycles. The fourth-order valence-corrected chi connectivity index (χ4v) is 3.68. The van der Waals surface area contributed by atoms with Crippen molar-refractivity contribution in [3.8, 4) is 22.0 Å². The van der Waals surface area contributed by atoms with Crippen molar-refractivity contribution in [3.05, 3.63) is 71.4 Å². The molecule has 0 aliphatic carbocycles. The highest BCUT2D eigenvalue weighted by atomic mass is 32.1. The molecule has 0 fully saturated rings. The third kappa shape index (κ3) is 3.54. The Morgan fingerprint density at radius 1 is 1.33 bits per heavy atom. The molecule has 4 aromatic heterocycles. The average molecular weight is 379 g/mol. The van der Waals surface area contributed by atoms with E-state index in [1.807, 2.05) is 34.2 Å². The molecule has 0 unspecified atom stereocenters. The zero-order chi connectivity index (χ0) is 18.8. The molecule has 7 heteroatoms. The van der Waals surface area contributed by atoms with E-state index < -0.39 is 5.97 Å². The summed E-state index contributed by atoms with van der Waals surface area (Å²) in [7, 11) is 0. The largest absolute Gasteiger partial charge is 0.478 e. The van der Waals surface area contributed by atoms with Crippen LogP contribution in [-0.4, -0.2) is 25.6 Å². The van der Waals surface area contributed by atoms with E-state index in [0.717, 1.165) is 39.8 Å². The molecule has 6 nitrogen and oxygen atoms in total. The summed E-state index contributed by atoms with van der Waals surface area (Å²) < 4.78 is 7.26. The van der Waals surface area contributed by atoms with Crippen LogP contribution in [0.4, 0.5) is 0 Å². The highest BCUT2D eigenvalue weighted by Gasteiger charge is 2.16. The minimum Gasteiger partial charge on any atom is -0.478 e. The third-order valence-electron chi connectivity index (χ3n) is 4.24. The first-order valence-electron chi connectivity index (χ1n) is 8.51. The molecule has 4 rings (SSSR count). The van der Waals surface area contributed by atoms with Crippen LogP contribution in [0.25, 0.3) is 22.0 Å². The third-order valence-corrected chi connectivity index (χ3v) is 5.13. The fraction of sp³-hybridized carbons (Fsp3) is 0.150. The molecular formula is C20H17N3O3S. The summed E-state index contributed by atoms with van der Waals surface area (Å²) >= 11 is 1.53. The van der Waals surface area contributed by atoms with Crippen LogP contribution in [0.2, 0.25) is 0 Å². The normalized spacial score (nSPS) is 11.0. The van der Waals surface area contributed by atoms with Gasteiger partial charge in [0.15, 0.2) is 0 Å². The number of rotatable bonds is 6. The van der Waals surface area contributed by atoms with Crippen LogP contribution in [0.5, 0.6) is 0 Å². The quantitative estimate of drug-likeness (QED) is 0.530. The lowest BCUT2D eigenvalue weighted by Gasteiger charge is -2.05. The van der Waals surface area contributed by atoms with Crippen LogP contribution >= 0.6 is 11.3 Å². The number of hydrogen-bond acceptors (Lipinski definition) is 5. The van der Waals surface area contributed by atoms with Crippen molar-refractivity contribution in [3.63, 3.8) is 0 Å². The highest BCUT2D eigenvalue weighted by molar-refractivity contribution is 7.13. The summed E-state index contributed by atoms with van der Waals surface area (Å²) in [5.41, 5.74) is 3.74. The first-order chi connectivity index (χ1) is 13.1. The molecule has 0 spiro atoms. The van der Waals surface area contributed by atoms with Crippen LogP contribution < -0.4 is 0 Å². The zero-order valence-corrected chi connectivity index (χ0v) is 15.4. The molecule has 0 atom stereocenters. The Bertz CT molecular complexity index is 1080. The number of furan rings is 1. The Morgan fingerprint density at radius 2 is 2.22 bits per heavy atom. The second kappa shape index (κ2) is 7.20. The standard InChI is InChI=1S/C20H17N3O3S/c1-2-15-8-13(5-6-21-15)19-22-17(12-27-19)18-9-14(20(24)25)10-23(18)11-16-4-3-7-26-16/h3-10,12H,2,11H2,1H3,(H,24,25). The van der Waals surface area contributed by atoms with Crippen LogP contribution in [0, 0.1) is 0 Å². The topological polar surface area (TPSA) is 81.1 Å². The number of carbonyl (C=O) groups is 1. The molecule has 0 aliphatic heterocycles. The average Bonchev–Trinajstić information content (AvgIpc) is 3.42. The molecule has 0 saturated carbocycles. The molecule has 1 N–H and O–H groups in total. The SMILES string of the molecule is CCc1cc(-c2nc(-c3cc(C(=O)O)cn3Cc3ccco3)cs2)ccn1. The smallest absolute Gasteiger partial charge is 0.337 e. The van der Waals surface area contributed by atoms with Crippen molar-refractivity contribution >= 4 is 17.3 Å². The number of aromatic nitrogens is 3. The van der Waals surface area contributed by atoms with Crippen LogP contribution in [0.3, 0.4) is 0 Å². The first-order valence-corrected chi connectivity index (χ1v) is 9.39. The molecule has 4 aromatic rings. The van der Waals surface area contributed by atoms with Gasteiger partial charge >= 0.3 is 5.97 Å². The summed E-state index contributed by atoms with van der Waals surface area (Å²) in [6.45, 7) is 2.51. The fourth-order valence-electron chi connectivity index (χ4n) is 2.87. The molecule has 0 saturated heterocycles. The van der Waals surface area contributed by atoms with Crippen LogP contribution in [0.1, 0.15) is 28.7 Å². The van der Waals surface area contributed by atoms with Gasteiger partial charge in [0, 0.05) is 29.0 Å². The van der Waals surface area contributed by atoms with Gasteiger partial charge in [0.25, 0.3) is 0 Å². The molecule has 0 radical (unpaired) electrons.